The molecule has 7 heteroatoms. The van der Waals surface area contributed by atoms with E-state index in [-0.39, 0.29) is 23.3 Å². The number of hydrogen-bond donors (Lipinski definition) is 3. The first-order valence-corrected chi connectivity index (χ1v) is 10.6. The molecule has 0 atom stereocenters. The summed E-state index contributed by atoms with van der Waals surface area (Å²) in [5, 5.41) is 8.73. The van der Waals surface area contributed by atoms with Crippen molar-refractivity contribution < 1.29 is 14.3 Å². The Labute approximate surface area is 193 Å². The van der Waals surface area contributed by atoms with Gasteiger partial charge in [-0.05, 0) is 66.2 Å². The van der Waals surface area contributed by atoms with Crippen molar-refractivity contribution in [2.24, 2.45) is 0 Å². The summed E-state index contributed by atoms with van der Waals surface area (Å²) in [4.78, 5) is 24.3. The molecule has 164 valence electrons. The van der Waals surface area contributed by atoms with Crippen LogP contribution in [0, 0.1) is 0 Å². The number of ether oxygens (including phenoxy) is 1. The van der Waals surface area contributed by atoms with Crippen LogP contribution >= 0.6 is 12.2 Å². The molecule has 0 spiro atoms. The number of hydrogen-bond acceptors (Lipinski definition) is 4. The largest absolute Gasteiger partial charge is 0.497 e. The third-order valence-electron chi connectivity index (χ3n) is 4.69. The Morgan fingerprint density at radius 2 is 1.41 bits per heavy atom. The monoisotopic (exact) mass is 447 g/mol. The number of carbonyl (C=O) groups excluding carboxylic acids is 2. The van der Waals surface area contributed by atoms with Gasteiger partial charge < -0.3 is 20.7 Å². The van der Waals surface area contributed by atoms with Crippen LogP contribution in [0.25, 0.3) is 0 Å². The smallest absolute Gasteiger partial charge is 0.230 e. The first-order valence-electron chi connectivity index (χ1n) is 10.2. The first-order chi connectivity index (χ1) is 15.5. The third kappa shape index (κ3) is 7.52. The van der Waals surface area contributed by atoms with E-state index in [1.165, 1.54) is 0 Å². The lowest BCUT2D eigenvalue weighted by molar-refractivity contribution is -0.119. The molecule has 0 aliphatic rings. The average Bonchev–Trinajstić information content (AvgIpc) is 2.80. The number of methoxy groups -OCH3 is 1. The normalized spacial score (nSPS) is 10.2. The van der Waals surface area contributed by atoms with Crippen LogP contribution in [0.4, 0.5) is 11.4 Å². The number of benzene rings is 3. The van der Waals surface area contributed by atoms with Gasteiger partial charge in [-0.15, -0.1) is 0 Å². The van der Waals surface area contributed by atoms with Gasteiger partial charge in [-0.2, -0.15) is 0 Å². The molecule has 0 saturated carbocycles. The van der Waals surface area contributed by atoms with Crippen molar-refractivity contribution in [1.82, 2.24) is 5.32 Å². The molecule has 0 unspecified atom stereocenters. The molecule has 0 radical (unpaired) electrons. The molecule has 0 saturated heterocycles. The molecule has 32 heavy (non-hydrogen) atoms. The van der Waals surface area contributed by atoms with E-state index >= 15 is 0 Å². The van der Waals surface area contributed by atoms with E-state index in [0.29, 0.717) is 24.2 Å². The molecule has 0 aromatic heterocycles. The van der Waals surface area contributed by atoms with Gasteiger partial charge in [-0.3, -0.25) is 9.59 Å². The van der Waals surface area contributed by atoms with Crippen LogP contribution in [0.5, 0.6) is 5.75 Å². The number of nitrogens with one attached hydrogen (secondary N) is 3. The highest BCUT2D eigenvalue weighted by Gasteiger charge is 2.08. The van der Waals surface area contributed by atoms with Crippen LogP contribution in [0.15, 0.2) is 78.9 Å². The fraction of sp³-hybridized carbons (Fsp3) is 0.160. The topological polar surface area (TPSA) is 79.5 Å². The highest BCUT2D eigenvalue weighted by Crippen LogP contribution is 2.15. The Morgan fingerprint density at radius 1 is 0.781 bits per heavy atom. The highest BCUT2D eigenvalue weighted by molar-refractivity contribution is 7.80. The van der Waals surface area contributed by atoms with Crippen molar-refractivity contribution in [1.29, 1.82) is 0 Å². The Hall–Kier alpha value is -3.71. The molecule has 0 fully saturated rings. The van der Waals surface area contributed by atoms with Gasteiger partial charge in [0.05, 0.1) is 13.5 Å². The summed E-state index contributed by atoms with van der Waals surface area (Å²) in [6, 6.07) is 24.3. The van der Waals surface area contributed by atoms with E-state index in [1.54, 1.807) is 43.5 Å². The van der Waals surface area contributed by atoms with Crippen LogP contribution in [0.3, 0.4) is 0 Å². The lowest BCUT2D eigenvalue weighted by Gasteiger charge is -2.11. The molecule has 6 nitrogen and oxygen atoms in total. The summed E-state index contributed by atoms with van der Waals surface area (Å²) < 4.78 is 5.11. The second kappa shape index (κ2) is 11.6. The molecule has 0 bridgehead atoms. The number of aryl methyl sites for hydroxylation is 1. The Bertz CT molecular complexity index is 1050. The number of anilines is 2. The van der Waals surface area contributed by atoms with Crippen molar-refractivity contribution >= 4 is 40.5 Å². The minimum atomic E-state index is -0.213. The molecule has 3 aromatic carbocycles. The predicted molar refractivity (Wildman–Crippen MR) is 131 cm³/mol. The predicted octanol–water partition coefficient (Wildman–Crippen LogP) is 4.32. The summed E-state index contributed by atoms with van der Waals surface area (Å²) in [5.41, 5.74) is 3.40. The number of carbonyl (C=O) groups is 2. The highest BCUT2D eigenvalue weighted by atomic mass is 32.1. The molecule has 0 aliphatic heterocycles. The maximum atomic E-state index is 12.2. The fourth-order valence-electron chi connectivity index (χ4n) is 3.02. The zero-order chi connectivity index (χ0) is 22.8. The molecule has 3 aromatic rings. The summed E-state index contributed by atoms with van der Waals surface area (Å²) in [6.45, 7) is 0. The zero-order valence-electron chi connectivity index (χ0n) is 17.8. The molecule has 0 heterocycles. The van der Waals surface area contributed by atoms with E-state index < -0.39 is 0 Å². The van der Waals surface area contributed by atoms with Gasteiger partial charge in [0.1, 0.15) is 5.75 Å². The van der Waals surface area contributed by atoms with E-state index in [4.69, 9.17) is 17.0 Å². The number of amides is 2. The first kappa shape index (κ1) is 23.0. The Morgan fingerprint density at radius 3 is 2.03 bits per heavy atom. The van der Waals surface area contributed by atoms with E-state index in [1.807, 2.05) is 42.5 Å². The quantitative estimate of drug-likeness (QED) is 0.448. The van der Waals surface area contributed by atoms with Gasteiger partial charge in [0.2, 0.25) is 11.8 Å². The number of thiocarbonyl (C=S) groups is 1. The minimum absolute atomic E-state index is 0.0455. The lowest BCUT2D eigenvalue weighted by Crippen LogP contribution is -2.35. The van der Waals surface area contributed by atoms with Gasteiger partial charge in [-0.1, -0.05) is 42.5 Å². The van der Waals surface area contributed by atoms with Crippen LogP contribution in [0.2, 0.25) is 0 Å². The summed E-state index contributed by atoms with van der Waals surface area (Å²) in [7, 11) is 1.60. The maximum absolute atomic E-state index is 12.2. The SMILES string of the molecule is COc1ccc(CC(=O)NC(=S)Nc2ccc(NC(=O)CCc3ccccc3)cc2)cc1. The van der Waals surface area contributed by atoms with E-state index in [0.717, 1.165) is 16.9 Å². The minimum Gasteiger partial charge on any atom is -0.497 e. The summed E-state index contributed by atoms with van der Waals surface area (Å²) >= 11 is 5.22. The van der Waals surface area contributed by atoms with Crippen LogP contribution in [-0.4, -0.2) is 24.0 Å². The van der Waals surface area contributed by atoms with Gasteiger partial charge >= 0.3 is 0 Å². The van der Waals surface area contributed by atoms with Crippen molar-refractivity contribution in [3.8, 4) is 5.75 Å². The van der Waals surface area contributed by atoms with Gasteiger partial charge in [-0.25, -0.2) is 0 Å². The van der Waals surface area contributed by atoms with Gasteiger partial charge in [0.25, 0.3) is 0 Å². The zero-order valence-corrected chi connectivity index (χ0v) is 18.6. The second-order valence-corrected chi connectivity index (χ2v) is 7.55. The van der Waals surface area contributed by atoms with Crippen molar-refractivity contribution in [2.75, 3.05) is 17.7 Å². The Balaban J connectivity index is 1.42. The molecule has 3 N–H and O–H groups in total. The Kier molecular flexibility index (Phi) is 8.34. The lowest BCUT2D eigenvalue weighted by atomic mass is 10.1. The van der Waals surface area contributed by atoms with Crippen molar-refractivity contribution in [3.05, 3.63) is 90.0 Å². The molecule has 2 amide bonds. The standard InChI is InChI=1S/C25H25N3O3S/c1-31-22-14-7-19(8-15-22)17-24(30)28-25(32)27-21-12-10-20(11-13-21)26-23(29)16-9-18-5-3-2-4-6-18/h2-8,10-15H,9,16-17H2,1H3,(H,26,29)(H2,27,28,30,32). The fourth-order valence-corrected chi connectivity index (χ4v) is 3.26. The number of rotatable bonds is 8. The second-order valence-electron chi connectivity index (χ2n) is 7.14. The van der Waals surface area contributed by atoms with Gasteiger partial charge in [0.15, 0.2) is 5.11 Å². The van der Waals surface area contributed by atoms with Crippen molar-refractivity contribution in [2.45, 2.75) is 19.3 Å². The summed E-state index contributed by atoms with van der Waals surface area (Å²) in [6.07, 6.45) is 1.31. The molecule has 0 aliphatic carbocycles. The van der Waals surface area contributed by atoms with E-state index in [2.05, 4.69) is 16.0 Å². The summed E-state index contributed by atoms with van der Waals surface area (Å²) in [5.74, 6) is 0.480. The maximum Gasteiger partial charge on any atom is 0.230 e. The van der Waals surface area contributed by atoms with Crippen molar-refractivity contribution in [3.63, 3.8) is 0 Å². The molecular weight excluding hydrogens is 422 g/mol. The molecule has 3 rings (SSSR count). The third-order valence-corrected chi connectivity index (χ3v) is 4.89. The van der Waals surface area contributed by atoms with Crippen LogP contribution in [-0.2, 0) is 22.4 Å². The van der Waals surface area contributed by atoms with Gasteiger partial charge in [0, 0.05) is 17.8 Å². The average molecular weight is 448 g/mol. The molecular formula is C25H25N3O3S. The van der Waals surface area contributed by atoms with Crippen LogP contribution in [0.1, 0.15) is 17.5 Å². The van der Waals surface area contributed by atoms with E-state index in [9.17, 15) is 9.59 Å². The van der Waals surface area contributed by atoms with Crippen LogP contribution < -0.4 is 20.7 Å².